The van der Waals surface area contributed by atoms with Crippen molar-refractivity contribution in [3.63, 3.8) is 0 Å². The molecule has 2 amide bonds. The first-order valence-electron chi connectivity index (χ1n) is 10.2. The van der Waals surface area contributed by atoms with E-state index in [9.17, 15) is 9.59 Å². The van der Waals surface area contributed by atoms with Crippen LogP contribution in [0.15, 0.2) is 42.5 Å². The second-order valence-electron chi connectivity index (χ2n) is 7.63. The van der Waals surface area contributed by atoms with Crippen LogP contribution in [-0.2, 0) is 4.79 Å². The van der Waals surface area contributed by atoms with Crippen molar-refractivity contribution < 1.29 is 30.0 Å². The van der Waals surface area contributed by atoms with Crippen LogP contribution in [0.25, 0.3) is 0 Å². The minimum atomic E-state index is -0.0581. The zero-order chi connectivity index (χ0) is 22.4. The predicted molar refractivity (Wildman–Crippen MR) is 143 cm³/mol. The van der Waals surface area contributed by atoms with Gasteiger partial charge in [0.15, 0.2) is 11.5 Å². The molecule has 12 heteroatoms. The Labute approximate surface area is 218 Å². The van der Waals surface area contributed by atoms with Gasteiger partial charge in [-0.25, -0.2) is 0 Å². The first kappa shape index (κ1) is 34.4. The second-order valence-corrected chi connectivity index (χ2v) is 7.63. The van der Waals surface area contributed by atoms with E-state index in [0.29, 0.717) is 49.8 Å². The highest BCUT2D eigenvalue weighted by atomic mass is 35.5. The number of hydrogen-bond acceptors (Lipinski definition) is 6. The Morgan fingerprint density at radius 3 is 1.97 bits per heavy atom. The fourth-order valence-electron chi connectivity index (χ4n) is 3.51. The molecule has 2 aromatic rings. The number of amides is 2. The normalized spacial score (nSPS) is 12.5. The number of carbonyl (C=O) groups excluding carboxylic acids is 2. The third-order valence-corrected chi connectivity index (χ3v) is 5.32. The number of methoxy groups -OCH3 is 2. The van der Waals surface area contributed by atoms with Crippen LogP contribution in [0.4, 0.5) is 11.4 Å². The Balaban J connectivity index is 0. The molecule has 35 heavy (non-hydrogen) atoms. The second kappa shape index (κ2) is 16.0. The van der Waals surface area contributed by atoms with Gasteiger partial charge in [0.2, 0.25) is 5.91 Å². The highest BCUT2D eigenvalue weighted by Crippen LogP contribution is 2.28. The van der Waals surface area contributed by atoms with Crippen LogP contribution in [0.1, 0.15) is 10.4 Å². The van der Waals surface area contributed by atoms with E-state index in [1.807, 2.05) is 43.3 Å². The Morgan fingerprint density at radius 1 is 0.886 bits per heavy atom. The lowest BCUT2D eigenvalue weighted by Gasteiger charge is -2.34. The van der Waals surface area contributed by atoms with E-state index >= 15 is 0 Å². The topological polar surface area (TPSA) is 137 Å². The lowest BCUT2D eigenvalue weighted by molar-refractivity contribution is -0.117. The predicted octanol–water partition coefficient (Wildman–Crippen LogP) is 1.36. The maximum absolute atomic E-state index is 12.8. The van der Waals surface area contributed by atoms with E-state index in [2.05, 4.69) is 10.2 Å². The number of carbonyl (C=O) groups is 2. The van der Waals surface area contributed by atoms with E-state index < -0.39 is 0 Å². The molecule has 1 aliphatic rings. The number of nitrogens with zero attached hydrogens (tertiary/aromatic N) is 3. The lowest BCUT2D eigenvalue weighted by Crippen LogP contribution is -2.50. The molecule has 0 radical (unpaired) electrons. The van der Waals surface area contributed by atoms with Crippen LogP contribution >= 0.6 is 24.8 Å². The number of anilines is 2. The first-order chi connectivity index (χ1) is 14.9. The van der Waals surface area contributed by atoms with Gasteiger partial charge >= 0.3 is 0 Å². The molecule has 3 rings (SSSR count). The highest BCUT2D eigenvalue weighted by Gasteiger charge is 2.24. The summed E-state index contributed by atoms with van der Waals surface area (Å²) in [5, 5.41) is 2.93. The van der Waals surface area contributed by atoms with Crippen molar-refractivity contribution in [2.45, 2.75) is 0 Å². The van der Waals surface area contributed by atoms with Crippen molar-refractivity contribution in [1.29, 1.82) is 0 Å². The van der Waals surface area contributed by atoms with Crippen molar-refractivity contribution in [2.75, 3.05) is 71.3 Å². The van der Waals surface area contributed by atoms with Gasteiger partial charge in [-0.1, -0.05) is 0 Å². The molecule has 10 nitrogen and oxygen atoms in total. The van der Waals surface area contributed by atoms with Crippen LogP contribution in [0.3, 0.4) is 0 Å². The summed E-state index contributed by atoms with van der Waals surface area (Å²) in [5.74, 6) is 1.01. The molecule has 0 spiro atoms. The van der Waals surface area contributed by atoms with Crippen LogP contribution in [-0.4, -0.2) is 93.6 Å². The minimum Gasteiger partial charge on any atom is -0.493 e. The summed E-state index contributed by atoms with van der Waals surface area (Å²) < 4.78 is 10.5. The van der Waals surface area contributed by atoms with Gasteiger partial charge in [0.05, 0.1) is 20.8 Å². The summed E-state index contributed by atoms with van der Waals surface area (Å²) in [6.07, 6.45) is 0. The fraction of sp³-hybridized carbons (Fsp3) is 0.391. The number of rotatable bonds is 7. The molecule has 198 valence electrons. The largest absolute Gasteiger partial charge is 0.493 e. The Morgan fingerprint density at radius 2 is 1.46 bits per heavy atom. The van der Waals surface area contributed by atoms with Gasteiger partial charge in [-0.15, -0.1) is 24.8 Å². The molecular weight excluding hydrogens is 499 g/mol. The van der Waals surface area contributed by atoms with E-state index in [1.165, 1.54) is 0 Å². The molecule has 1 saturated heterocycles. The van der Waals surface area contributed by atoms with Crippen LogP contribution in [0.5, 0.6) is 11.5 Å². The van der Waals surface area contributed by atoms with Crippen molar-refractivity contribution in [1.82, 2.24) is 9.80 Å². The smallest absolute Gasteiger partial charge is 0.254 e. The van der Waals surface area contributed by atoms with E-state index in [0.717, 1.165) is 11.4 Å². The molecule has 0 atom stereocenters. The molecule has 5 N–H and O–H groups in total. The summed E-state index contributed by atoms with van der Waals surface area (Å²) in [4.78, 5) is 31.1. The molecule has 0 aliphatic carbocycles. The summed E-state index contributed by atoms with van der Waals surface area (Å²) >= 11 is 0. The molecule has 0 aromatic heterocycles. The van der Waals surface area contributed by atoms with E-state index in [4.69, 9.17) is 9.47 Å². The van der Waals surface area contributed by atoms with E-state index in [-0.39, 0.29) is 47.6 Å². The lowest BCUT2D eigenvalue weighted by atomic mass is 10.1. The summed E-state index contributed by atoms with van der Waals surface area (Å²) in [7, 11) is 7.06. The average molecular weight is 535 g/mol. The van der Waals surface area contributed by atoms with Crippen molar-refractivity contribution >= 4 is 48.0 Å². The third kappa shape index (κ3) is 9.08. The maximum Gasteiger partial charge on any atom is 0.254 e. The number of nitrogens with one attached hydrogen (secondary N) is 1. The third-order valence-electron chi connectivity index (χ3n) is 5.32. The standard InChI is InChI=1S/C23H30N4O4.2ClH.2H2O/c1-25(2)19-8-6-18(7-9-19)24-22(28)16-26-11-13-27(14-12-26)23(29)17-5-10-20(30-3)21(15-17)31-4;;;;/h5-10,15H,11-14,16H2,1-4H3,(H,24,28);2*1H;2*1H2. The molecule has 0 unspecified atom stereocenters. The van der Waals surface area contributed by atoms with E-state index in [1.54, 1.807) is 37.3 Å². The molecule has 0 saturated carbocycles. The van der Waals surface area contributed by atoms with Gasteiger partial charge < -0.3 is 35.5 Å². The van der Waals surface area contributed by atoms with Crippen LogP contribution in [0, 0.1) is 0 Å². The first-order valence-corrected chi connectivity index (χ1v) is 10.2. The molecule has 0 bridgehead atoms. The molecule has 1 heterocycles. The number of piperazine rings is 1. The minimum absolute atomic E-state index is 0. The summed E-state index contributed by atoms with van der Waals surface area (Å²) in [6, 6.07) is 12.9. The monoisotopic (exact) mass is 534 g/mol. The maximum atomic E-state index is 12.8. The molecule has 1 fully saturated rings. The van der Waals surface area contributed by atoms with Gasteiger partial charge in [0.25, 0.3) is 5.91 Å². The Kier molecular flexibility index (Phi) is 15.7. The van der Waals surface area contributed by atoms with Crippen LogP contribution < -0.4 is 19.7 Å². The van der Waals surface area contributed by atoms with Crippen LogP contribution in [0.2, 0.25) is 0 Å². The number of halogens is 2. The SMILES string of the molecule is COc1ccc(C(=O)N2CCN(CC(=O)Nc3ccc(N(C)C)cc3)CC2)cc1OC.Cl.Cl.O.O. The Bertz CT molecular complexity index is 923. The molecule has 1 aliphatic heterocycles. The van der Waals surface area contributed by atoms with Gasteiger partial charge in [-0.2, -0.15) is 0 Å². The number of benzene rings is 2. The van der Waals surface area contributed by atoms with Gasteiger partial charge in [0, 0.05) is 57.2 Å². The van der Waals surface area contributed by atoms with Crippen molar-refractivity contribution in [3.05, 3.63) is 48.0 Å². The van der Waals surface area contributed by atoms with Gasteiger partial charge in [0.1, 0.15) is 0 Å². The number of hydrogen-bond donors (Lipinski definition) is 1. The summed E-state index contributed by atoms with van der Waals surface area (Å²) in [5.41, 5.74) is 2.41. The van der Waals surface area contributed by atoms with Gasteiger partial charge in [-0.05, 0) is 42.5 Å². The zero-order valence-electron chi connectivity index (χ0n) is 20.4. The van der Waals surface area contributed by atoms with Gasteiger partial charge in [-0.3, -0.25) is 14.5 Å². The zero-order valence-corrected chi connectivity index (χ0v) is 22.0. The van der Waals surface area contributed by atoms with Crippen molar-refractivity contribution in [2.24, 2.45) is 0 Å². The highest BCUT2D eigenvalue weighted by molar-refractivity contribution is 5.95. The molecular formula is C23H36Cl2N4O6. The quantitative estimate of drug-likeness (QED) is 0.569. The fourth-order valence-corrected chi connectivity index (χ4v) is 3.51. The molecule has 2 aromatic carbocycles. The average Bonchev–Trinajstić information content (AvgIpc) is 2.79. The Hall–Kier alpha value is -2.76. The number of ether oxygens (including phenoxy) is 2. The van der Waals surface area contributed by atoms with Crippen molar-refractivity contribution in [3.8, 4) is 11.5 Å². The summed E-state index contributed by atoms with van der Waals surface area (Å²) in [6.45, 7) is 2.72.